The fourth-order valence-electron chi connectivity index (χ4n) is 2.41. The molecule has 0 spiro atoms. The molecular formula is C13H22ClN3. The lowest BCUT2D eigenvalue weighted by molar-refractivity contribution is 0.305. The molecule has 3 nitrogen and oxygen atoms in total. The zero-order valence-corrected chi connectivity index (χ0v) is 11.1. The maximum absolute atomic E-state index is 6.12. The van der Waals surface area contributed by atoms with Crippen molar-refractivity contribution in [2.45, 2.75) is 50.7 Å². The molecule has 0 radical (unpaired) electrons. The molecule has 3 N–H and O–H groups in total. The number of pyridine rings is 1. The third-order valence-corrected chi connectivity index (χ3v) is 3.41. The van der Waals surface area contributed by atoms with Crippen molar-refractivity contribution in [3.63, 3.8) is 0 Å². The molecule has 4 heteroatoms. The number of nitrogens with two attached hydrogens (primary N) is 1. The van der Waals surface area contributed by atoms with E-state index >= 15 is 0 Å². The first-order valence-corrected chi connectivity index (χ1v) is 6.20. The first kappa shape index (κ1) is 14.4. The van der Waals surface area contributed by atoms with Crippen molar-refractivity contribution in [3.05, 3.63) is 30.1 Å². The molecule has 1 aliphatic rings. The molecule has 17 heavy (non-hydrogen) atoms. The predicted molar refractivity (Wildman–Crippen MR) is 73.3 cm³/mol. The lowest BCUT2D eigenvalue weighted by Gasteiger charge is -2.31. The maximum Gasteiger partial charge on any atom is 0.0570 e. The van der Waals surface area contributed by atoms with Crippen molar-refractivity contribution in [3.8, 4) is 0 Å². The highest BCUT2D eigenvalue weighted by Gasteiger charge is 2.23. The first-order valence-electron chi connectivity index (χ1n) is 6.20. The number of nitrogens with zero attached hydrogens (tertiary/aromatic N) is 1. The van der Waals surface area contributed by atoms with Gasteiger partial charge < -0.3 is 11.1 Å². The van der Waals surface area contributed by atoms with Crippen molar-refractivity contribution in [1.29, 1.82) is 0 Å². The predicted octanol–water partition coefficient (Wildman–Crippen LogP) is 2.42. The van der Waals surface area contributed by atoms with Gasteiger partial charge in [0.05, 0.1) is 5.69 Å². The molecule has 0 bridgehead atoms. The van der Waals surface area contributed by atoms with Gasteiger partial charge in [0.25, 0.3) is 0 Å². The molecule has 0 amide bonds. The zero-order chi connectivity index (χ0) is 11.4. The van der Waals surface area contributed by atoms with E-state index in [-0.39, 0.29) is 18.4 Å². The molecule has 0 aromatic carbocycles. The van der Waals surface area contributed by atoms with Crippen LogP contribution in [0.4, 0.5) is 0 Å². The topological polar surface area (TPSA) is 50.9 Å². The van der Waals surface area contributed by atoms with E-state index in [1.165, 1.54) is 19.3 Å². The van der Waals surface area contributed by atoms with Crippen molar-refractivity contribution in [1.82, 2.24) is 10.3 Å². The Hall–Kier alpha value is -0.640. The van der Waals surface area contributed by atoms with Gasteiger partial charge in [0.2, 0.25) is 0 Å². The molecule has 2 rings (SSSR count). The number of hydrogen-bond acceptors (Lipinski definition) is 3. The SMILES string of the molecule is CC(NC1CCCCC1N)c1ccccn1.Cl. The van der Waals surface area contributed by atoms with Crippen LogP contribution < -0.4 is 11.1 Å². The summed E-state index contributed by atoms with van der Waals surface area (Å²) in [6.07, 6.45) is 6.75. The molecule has 3 unspecified atom stereocenters. The number of halogens is 1. The van der Waals surface area contributed by atoms with Crippen molar-refractivity contribution in [2.24, 2.45) is 5.73 Å². The lowest BCUT2D eigenvalue weighted by Crippen LogP contribution is -2.47. The van der Waals surface area contributed by atoms with Crippen LogP contribution >= 0.6 is 12.4 Å². The molecular weight excluding hydrogens is 234 g/mol. The van der Waals surface area contributed by atoms with Crippen molar-refractivity contribution in [2.75, 3.05) is 0 Å². The van der Waals surface area contributed by atoms with Crippen LogP contribution in [0.5, 0.6) is 0 Å². The van der Waals surface area contributed by atoms with Gasteiger partial charge in [0.1, 0.15) is 0 Å². The quantitative estimate of drug-likeness (QED) is 0.872. The maximum atomic E-state index is 6.12. The van der Waals surface area contributed by atoms with Gasteiger partial charge in [0.15, 0.2) is 0 Å². The average Bonchev–Trinajstić information content (AvgIpc) is 2.33. The van der Waals surface area contributed by atoms with E-state index in [0.29, 0.717) is 12.1 Å². The minimum Gasteiger partial charge on any atom is -0.326 e. The lowest BCUT2D eigenvalue weighted by atomic mass is 9.90. The second-order valence-electron chi connectivity index (χ2n) is 4.70. The Morgan fingerprint density at radius 1 is 1.35 bits per heavy atom. The molecule has 1 heterocycles. The van der Waals surface area contributed by atoms with E-state index in [1.807, 2.05) is 18.3 Å². The van der Waals surface area contributed by atoms with Crippen LogP contribution in [0.15, 0.2) is 24.4 Å². The Balaban J connectivity index is 0.00000144. The molecule has 3 atom stereocenters. The minimum atomic E-state index is 0. The minimum absolute atomic E-state index is 0. The fourth-order valence-corrected chi connectivity index (χ4v) is 2.41. The van der Waals surface area contributed by atoms with E-state index in [4.69, 9.17) is 5.73 Å². The Labute approximate surface area is 110 Å². The van der Waals surface area contributed by atoms with Crippen LogP contribution in [0.3, 0.4) is 0 Å². The monoisotopic (exact) mass is 255 g/mol. The summed E-state index contributed by atoms with van der Waals surface area (Å²) in [6, 6.07) is 7.08. The van der Waals surface area contributed by atoms with E-state index in [0.717, 1.165) is 12.1 Å². The number of rotatable bonds is 3. The average molecular weight is 256 g/mol. The third-order valence-electron chi connectivity index (χ3n) is 3.41. The summed E-state index contributed by atoms with van der Waals surface area (Å²) < 4.78 is 0. The van der Waals surface area contributed by atoms with Gasteiger partial charge in [-0.15, -0.1) is 12.4 Å². The summed E-state index contributed by atoms with van der Waals surface area (Å²) in [4.78, 5) is 4.37. The highest BCUT2D eigenvalue weighted by atomic mass is 35.5. The largest absolute Gasteiger partial charge is 0.326 e. The fraction of sp³-hybridized carbons (Fsp3) is 0.615. The standard InChI is InChI=1S/C13H21N3.ClH/c1-10(12-7-4-5-9-15-12)16-13-8-3-2-6-11(13)14;/h4-5,7,9-11,13,16H,2-3,6,8,14H2,1H3;1H. The number of hydrogen-bond donors (Lipinski definition) is 2. The summed E-state index contributed by atoms with van der Waals surface area (Å²) in [5.41, 5.74) is 7.22. The molecule has 0 saturated heterocycles. The van der Waals surface area contributed by atoms with E-state index in [2.05, 4.69) is 23.3 Å². The van der Waals surface area contributed by atoms with Crippen LogP contribution in [-0.4, -0.2) is 17.1 Å². The molecule has 1 fully saturated rings. The van der Waals surface area contributed by atoms with Crippen LogP contribution in [-0.2, 0) is 0 Å². The van der Waals surface area contributed by atoms with Gasteiger partial charge >= 0.3 is 0 Å². The van der Waals surface area contributed by atoms with Crippen LogP contribution in [0.25, 0.3) is 0 Å². The Morgan fingerprint density at radius 3 is 2.76 bits per heavy atom. The van der Waals surface area contributed by atoms with Crippen LogP contribution in [0, 0.1) is 0 Å². The van der Waals surface area contributed by atoms with Crippen molar-refractivity contribution < 1.29 is 0 Å². The van der Waals surface area contributed by atoms with Gasteiger partial charge in [0, 0.05) is 24.3 Å². The molecule has 1 aromatic rings. The molecule has 1 aliphatic carbocycles. The van der Waals surface area contributed by atoms with Gasteiger partial charge in [-0.2, -0.15) is 0 Å². The smallest absolute Gasteiger partial charge is 0.0570 e. The van der Waals surface area contributed by atoms with Crippen LogP contribution in [0.2, 0.25) is 0 Å². The Morgan fingerprint density at radius 2 is 2.12 bits per heavy atom. The molecule has 1 aromatic heterocycles. The second kappa shape index (κ2) is 6.94. The molecule has 1 saturated carbocycles. The zero-order valence-electron chi connectivity index (χ0n) is 10.3. The van der Waals surface area contributed by atoms with Gasteiger partial charge in [-0.05, 0) is 31.9 Å². The first-order chi connectivity index (χ1) is 7.77. The van der Waals surface area contributed by atoms with Gasteiger partial charge in [-0.25, -0.2) is 0 Å². The second-order valence-corrected chi connectivity index (χ2v) is 4.70. The Kier molecular flexibility index (Phi) is 5.89. The van der Waals surface area contributed by atoms with E-state index in [1.54, 1.807) is 0 Å². The summed E-state index contributed by atoms with van der Waals surface area (Å²) in [5.74, 6) is 0. The van der Waals surface area contributed by atoms with Gasteiger partial charge in [-0.3, -0.25) is 4.98 Å². The molecule has 96 valence electrons. The Bertz CT molecular complexity index is 318. The summed E-state index contributed by atoms with van der Waals surface area (Å²) in [6.45, 7) is 2.16. The third kappa shape index (κ3) is 3.95. The highest BCUT2D eigenvalue weighted by molar-refractivity contribution is 5.85. The molecule has 0 aliphatic heterocycles. The normalized spacial score (nSPS) is 26.0. The summed E-state index contributed by atoms with van der Waals surface area (Å²) in [5, 5.41) is 3.60. The van der Waals surface area contributed by atoms with Crippen molar-refractivity contribution >= 4 is 12.4 Å². The van der Waals surface area contributed by atoms with Crippen LogP contribution in [0.1, 0.15) is 44.3 Å². The summed E-state index contributed by atoms with van der Waals surface area (Å²) >= 11 is 0. The summed E-state index contributed by atoms with van der Waals surface area (Å²) in [7, 11) is 0. The van der Waals surface area contributed by atoms with Gasteiger partial charge in [-0.1, -0.05) is 18.9 Å². The van der Waals surface area contributed by atoms with E-state index in [9.17, 15) is 0 Å². The number of nitrogens with one attached hydrogen (secondary N) is 1. The van der Waals surface area contributed by atoms with E-state index < -0.39 is 0 Å². The number of aromatic nitrogens is 1. The highest BCUT2D eigenvalue weighted by Crippen LogP contribution is 2.20.